The van der Waals surface area contributed by atoms with E-state index in [1.54, 1.807) is 24.3 Å². The SMILES string of the molecule is CCCNC(=O)C(=O)NCC1N=NC(=O)c2ccccc21. The van der Waals surface area contributed by atoms with Crippen LogP contribution in [0.1, 0.15) is 35.3 Å². The molecule has 0 bridgehead atoms. The van der Waals surface area contributed by atoms with Crippen molar-refractivity contribution < 1.29 is 14.4 Å². The Morgan fingerprint density at radius 3 is 2.67 bits per heavy atom. The lowest BCUT2D eigenvalue weighted by atomic mass is 9.99. The van der Waals surface area contributed by atoms with Gasteiger partial charge in [-0.1, -0.05) is 25.1 Å². The molecule has 0 aliphatic carbocycles. The van der Waals surface area contributed by atoms with Crippen LogP contribution >= 0.6 is 0 Å². The second kappa shape index (κ2) is 6.74. The van der Waals surface area contributed by atoms with E-state index in [9.17, 15) is 14.4 Å². The van der Waals surface area contributed by atoms with Crippen LogP contribution in [0.3, 0.4) is 0 Å². The Hall–Kier alpha value is -2.57. The summed E-state index contributed by atoms with van der Waals surface area (Å²) >= 11 is 0. The Kier molecular flexibility index (Phi) is 4.76. The molecule has 1 aromatic carbocycles. The Morgan fingerprint density at radius 1 is 1.19 bits per heavy atom. The first-order chi connectivity index (χ1) is 10.1. The topological polar surface area (TPSA) is 100.0 Å². The maximum absolute atomic E-state index is 11.6. The van der Waals surface area contributed by atoms with Gasteiger partial charge >= 0.3 is 11.8 Å². The lowest BCUT2D eigenvalue weighted by Gasteiger charge is -2.18. The number of amides is 3. The summed E-state index contributed by atoms with van der Waals surface area (Å²) in [5.41, 5.74) is 1.17. The van der Waals surface area contributed by atoms with Crippen molar-refractivity contribution in [2.75, 3.05) is 13.1 Å². The minimum absolute atomic E-state index is 0.117. The molecule has 1 unspecified atom stereocenters. The monoisotopic (exact) mass is 288 g/mol. The summed E-state index contributed by atoms with van der Waals surface area (Å²) in [5, 5.41) is 12.4. The molecule has 1 aromatic rings. The van der Waals surface area contributed by atoms with Crippen molar-refractivity contribution in [3.63, 3.8) is 0 Å². The highest BCUT2D eigenvalue weighted by Gasteiger charge is 2.24. The number of azo groups is 1. The zero-order valence-corrected chi connectivity index (χ0v) is 11.6. The van der Waals surface area contributed by atoms with E-state index in [0.717, 1.165) is 6.42 Å². The predicted octanol–water partition coefficient (Wildman–Crippen LogP) is 0.976. The number of hydrogen-bond donors (Lipinski definition) is 2. The van der Waals surface area contributed by atoms with Gasteiger partial charge in [-0.25, -0.2) is 0 Å². The fourth-order valence-corrected chi connectivity index (χ4v) is 1.96. The van der Waals surface area contributed by atoms with Gasteiger partial charge in [-0.3, -0.25) is 14.4 Å². The van der Waals surface area contributed by atoms with Crippen molar-refractivity contribution in [3.05, 3.63) is 35.4 Å². The van der Waals surface area contributed by atoms with Gasteiger partial charge in [-0.05, 0) is 18.1 Å². The molecule has 1 aliphatic heterocycles. The Labute approximate surface area is 121 Å². The second-order valence-corrected chi connectivity index (χ2v) is 4.59. The molecule has 7 nitrogen and oxygen atoms in total. The number of benzene rings is 1. The summed E-state index contributed by atoms with van der Waals surface area (Å²) in [6.45, 7) is 2.47. The smallest absolute Gasteiger partial charge is 0.309 e. The van der Waals surface area contributed by atoms with Crippen LogP contribution in [-0.4, -0.2) is 30.8 Å². The Morgan fingerprint density at radius 2 is 1.90 bits per heavy atom. The number of hydrogen-bond acceptors (Lipinski definition) is 4. The molecule has 0 fully saturated rings. The van der Waals surface area contributed by atoms with E-state index in [-0.39, 0.29) is 6.54 Å². The number of carbonyl (C=O) groups excluding carboxylic acids is 3. The van der Waals surface area contributed by atoms with Gasteiger partial charge in [0.15, 0.2) is 0 Å². The zero-order chi connectivity index (χ0) is 15.2. The third kappa shape index (κ3) is 3.50. The van der Waals surface area contributed by atoms with Crippen molar-refractivity contribution in [1.82, 2.24) is 10.6 Å². The van der Waals surface area contributed by atoms with Crippen molar-refractivity contribution in [2.24, 2.45) is 10.2 Å². The van der Waals surface area contributed by atoms with E-state index in [1.807, 2.05) is 6.92 Å². The molecule has 110 valence electrons. The van der Waals surface area contributed by atoms with Crippen LogP contribution in [0.15, 0.2) is 34.5 Å². The van der Waals surface area contributed by atoms with Crippen LogP contribution in [0, 0.1) is 0 Å². The molecule has 0 saturated heterocycles. The summed E-state index contributed by atoms with van der Waals surface area (Å²) in [7, 11) is 0. The molecular weight excluding hydrogens is 272 g/mol. The third-order valence-corrected chi connectivity index (χ3v) is 3.04. The fourth-order valence-electron chi connectivity index (χ4n) is 1.96. The highest BCUT2D eigenvalue weighted by atomic mass is 16.2. The summed E-state index contributed by atoms with van der Waals surface area (Å²) < 4.78 is 0. The van der Waals surface area contributed by atoms with Gasteiger partial charge in [0.05, 0.1) is 0 Å². The van der Waals surface area contributed by atoms with Crippen LogP contribution in [0.4, 0.5) is 0 Å². The molecule has 2 rings (SSSR count). The largest absolute Gasteiger partial charge is 0.348 e. The highest BCUT2D eigenvalue weighted by molar-refractivity contribution is 6.35. The average Bonchev–Trinajstić information content (AvgIpc) is 2.52. The van der Waals surface area contributed by atoms with Gasteiger partial charge in [-0.15, -0.1) is 5.11 Å². The lowest BCUT2D eigenvalue weighted by molar-refractivity contribution is -0.139. The lowest BCUT2D eigenvalue weighted by Crippen LogP contribution is -2.41. The summed E-state index contributed by atoms with van der Waals surface area (Å²) in [6, 6.07) is 6.50. The maximum Gasteiger partial charge on any atom is 0.309 e. The van der Waals surface area contributed by atoms with Crippen molar-refractivity contribution in [2.45, 2.75) is 19.4 Å². The molecule has 0 saturated carbocycles. The number of carbonyl (C=O) groups is 3. The molecule has 1 atom stereocenters. The van der Waals surface area contributed by atoms with E-state index in [0.29, 0.717) is 17.7 Å². The third-order valence-electron chi connectivity index (χ3n) is 3.04. The molecule has 1 heterocycles. The van der Waals surface area contributed by atoms with Gasteiger partial charge in [0.25, 0.3) is 5.91 Å². The predicted molar refractivity (Wildman–Crippen MR) is 74.7 cm³/mol. The zero-order valence-electron chi connectivity index (χ0n) is 11.6. The van der Waals surface area contributed by atoms with E-state index >= 15 is 0 Å². The van der Waals surface area contributed by atoms with Crippen molar-refractivity contribution in [3.8, 4) is 0 Å². The van der Waals surface area contributed by atoms with E-state index in [1.165, 1.54) is 0 Å². The maximum atomic E-state index is 11.6. The summed E-state index contributed by atoms with van der Waals surface area (Å²) in [4.78, 5) is 34.6. The van der Waals surface area contributed by atoms with E-state index in [4.69, 9.17) is 0 Å². The fraction of sp³-hybridized carbons (Fsp3) is 0.357. The number of nitrogens with one attached hydrogen (secondary N) is 2. The van der Waals surface area contributed by atoms with Gasteiger partial charge < -0.3 is 10.6 Å². The highest BCUT2D eigenvalue weighted by Crippen LogP contribution is 2.26. The van der Waals surface area contributed by atoms with Crippen molar-refractivity contribution in [1.29, 1.82) is 0 Å². The molecule has 21 heavy (non-hydrogen) atoms. The summed E-state index contributed by atoms with van der Waals surface area (Å²) in [5.74, 6) is -1.78. The van der Waals surface area contributed by atoms with Gasteiger partial charge in [0.1, 0.15) is 6.04 Å². The van der Waals surface area contributed by atoms with Crippen LogP contribution in [0.5, 0.6) is 0 Å². The Bertz CT molecular complexity index is 598. The second-order valence-electron chi connectivity index (χ2n) is 4.59. The van der Waals surface area contributed by atoms with E-state index in [2.05, 4.69) is 20.9 Å². The average molecular weight is 288 g/mol. The minimum atomic E-state index is -0.715. The minimum Gasteiger partial charge on any atom is -0.348 e. The molecule has 0 spiro atoms. The Balaban J connectivity index is 1.98. The van der Waals surface area contributed by atoms with Gasteiger partial charge in [0, 0.05) is 18.7 Å². The van der Waals surface area contributed by atoms with Crippen LogP contribution in [-0.2, 0) is 9.59 Å². The molecule has 2 N–H and O–H groups in total. The standard InChI is InChI=1S/C14H16N4O3/c1-2-7-15-13(20)14(21)16-8-11-9-5-3-4-6-10(9)12(19)18-17-11/h3-6,11H,2,7-8H2,1H3,(H,15,20)(H,16,21). The molecule has 1 aliphatic rings. The van der Waals surface area contributed by atoms with Crippen LogP contribution in [0.25, 0.3) is 0 Å². The normalized spacial score (nSPS) is 16.2. The number of fused-ring (bicyclic) bond motifs is 1. The van der Waals surface area contributed by atoms with Crippen molar-refractivity contribution >= 4 is 17.7 Å². The van der Waals surface area contributed by atoms with Crippen LogP contribution < -0.4 is 10.6 Å². The first-order valence-electron chi connectivity index (χ1n) is 6.73. The molecular formula is C14H16N4O3. The molecule has 0 radical (unpaired) electrons. The molecule has 7 heteroatoms. The molecule has 0 aromatic heterocycles. The first-order valence-corrected chi connectivity index (χ1v) is 6.73. The number of rotatable bonds is 4. The van der Waals surface area contributed by atoms with Gasteiger partial charge in [0.2, 0.25) is 0 Å². The van der Waals surface area contributed by atoms with E-state index < -0.39 is 23.8 Å². The summed E-state index contributed by atoms with van der Waals surface area (Å²) in [6.07, 6.45) is 0.755. The van der Waals surface area contributed by atoms with Gasteiger partial charge in [-0.2, -0.15) is 5.11 Å². The first kappa shape index (κ1) is 14.8. The quantitative estimate of drug-likeness (QED) is 0.807. The number of nitrogens with zero attached hydrogens (tertiary/aromatic N) is 2. The molecule has 3 amide bonds. The van der Waals surface area contributed by atoms with Crippen LogP contribution in [0.2, 0.25) is 0 Å².